The van der Waals surface area contributed by atoms with Crippen molar-refractivity contribution in [2.24, 2.45) is 5.73 Å². The van der Waals surface area contributed by atoms with Gasteiger partial charge in [-0.15, -0.1) is 0 Å². The molecule has 1 amide bonds. The lowest BCUT2D eigenvalue weighted by atomic mass is 9.96. The van der Waals surface area contributed by atoms with Crippen LogP contribution in [0.25, 0.3) is 11.1 Å². The second-order valence-corrected chi connectivity index (χ2v) is 8.85. The molecule has 4 rings (SSSR count). The van der Waals surface area contributed by atoms with Gasteiger partial charge in [0.05, 0.1) is 5.69 Å². The SMILES string of the molecule is CN(C)Cc1c(-c2ccccc2)ccc(N2CCCC(Nc3cccc(C(=N)N)c3)C2=O)c1F. The van der Waals surface area contributed by atoms with Crippen LogP contribution >= 0.6 is 0 Å². The summed E-state index contributed by atoms with van der Waals surface area (Å²) in [7, 11) is 3.81. The summed E-state index contributed by atoms with van der Waals surface area (Å²) < 4.78 is 16.0. The van der Waals surface area contributed by atoms with Crippen LogP contribution in [-0.4, -0.2) is 43.3 Å². The van der Waals surface area contributed by atoms with E-state index < -0.39 is 6.04 Å². The number of hydrogen-bond donors (Lipinski definition) is 3. The Kier molecular flexibility index (Phi) is 6.93. The lowest BCUT2D eigenvalue weighted by Gasteiger charge is -2.34. The Morgan fingerprint density at radius 2 is 1.91 bits per heavy atom. The molecule has 1 saturated heterocycles. The molecule has 3 aromatic carbocycles. The Hall–Kier alpha value is -3.71. The predicted octanol–water partition coefficient (Wildman–Crippen LogP) is 4.45. The number of nitrogens with zero attached hydrogens (tertiary/aromatic N) is 2. The fourth-order valence-corrected chi connectivity index (χ4v) is 4.40. The largest absolute Gasteiger partial charge is 0.384 e. The summed E-state index contributed by atoms with van der Waals surface area (Å²) in [6.07, 6.45) is 1.40. The van der Waals surface area contributed by atoms with Crippen LogP contribution < -0.4 is 16.0 Å². The van der Waals surface area contributed by atoms with E-state index in [1.165, 1.54) is 0 Å². The van der Waals surface area contributed by atoms with Crippen molar-refractivity contribution in [2.45, 2.75) is 25.4 Å². The molecule has 4 N–H and O–H groups in total. The van der Waals surface area contributed by atoms with Gasteiger partial charge in [-0.25, -0.2) is 4.39 Å². The Morgan fingerprint density at radius 3 is 2.62 bits per heavy atom. The van der Waals surface area contributed by atoms with Crippen LogP contribution in [0.2, 0.25) is 0 Å². The zero-order valence-electron chi connectivity index (χ0n) is 19.5. The first-order valence-corrected chi connectivity index (χ1v) is 11.4. The topological polar surface area (TPSA) is 85.4 Å². The maximum Gasteiger partial charge on any atom is 0.249 e. The number of halogens is 1. The van der Waals surface area contributed by atoms with Gasteiger partial charge in [0.25, 0.3) is 0 Å². The molecule has 3 aromatic rings. The summed E-state index contributed by atoms with van der Waals surface area (Å²) in [4.78, 5) is 16.9. The van der Waals surface area contributed by atoms with E-state index in [9.17, 15) is 4.79 Å². The zero-order valence-corrected chi connectivity index (χ0v) is 19.5. The predicted molar refractivity (Wildman–Crippen MR) is 136 cm³/mol. The number of nitrogens with one attached hydrogen (secondary N) is 2. The molecule has 1 aliphatic heterocycles. The van der Waals surface area contributed by atoms with E-state index in [1.54, 1.807) is 29.2 Å². The zero-order chi connectivity index (χ0) is 24.2. The van der Waals surface area contributed by atoms with Crippen LogP contribution in [0.15, 0.2) is 66.7 Å². The molecule has 1 fully saturated rings. The molecule has 0 spiro atoms. The third-order valence-corrected chi connectivity index (χ3v) is 6.03. The number of nitrogens with two attached hydrogens (primary N) is 1. The van der Waals surface area contributed by atoms with Crippen molar-refractivity contribution in [1.29, 1.82) is 5.41 Å². The van der Waals surface area contributed by atoms with Crippen molar-refractivity contribution < 1.29 is 9.18 Å². The number of hydrogen-bond acceptors (Lipinski definition) is 4. The van der Waals surface area contributed by atoms with Crippen molar-refractivity contribution in [3.63, 3.8) is 0 Å². The maximum absolute atomic E-state index is 16.0. The minimum atomic E-state index is -0.485. The standard InChI is InChI=1S/C27H30FN5O/c1-32(2)17-22-21(18-8-4-3-5-9-18)13-14-24(25(22)28)33-15-7-12-23(27(33)34)31-20-11-6-10-19(16-20)26(29)30/h3-6,8-11,13-14,16,23,31H,7,12,15,17H2,1-2H3,(H3,29,30). The number of rotatable bonds is 7. The highest BCUT2D eigenvalue weighted by Crippen LogP contribution is 2.34. The first-order valence-electron chi connectivity index (χ1n) is 11.4. The van der Waals surface area contributed by atoms with Crippen LogP contribution in [0.3, 0.4) is 0 Å². The van der Waals surface area contributed by atoms with Crippen molar-refractivity contribution in [3.8, 4) is 11.1 Å². The molecule has 6 nitrogen and oxygen atoms in total. The molecule has 34 heavy (non-hydrogen) atoms. The fraction of sp³-hybridized carbons (Fsp3) is 0.259. The normalized spacial score (nSPS) is 16.1. The quantitative estimate of drug-likeness (QED) is 0.360. The van der Waals surface area contributed by atoms with Gasteiger partial charge >= 0.3 is 0 Å². The molecule has 7 heteroatoms. The fourth-order valence-electron chi connectivity index (χ4n) is 4.40. The van der Waals surface area contributed by atoms with Crippen molar-refractivity contribution in [3.05, 3.63) is 83.7 Å². The van der Waals surface area contributed by atoms with E-state index in [-0.39, 0.29) is 17.6 Å². The number of benzene rings is 3. The Bertz CT molecular complexity index is 1190. The molecule has 0 radical (unpaired) electrons. The summed E-state index contributed by atoms with van der Waals surface area (Å²) in [5.41, 5.74) is 9.55. The third kappa shape index (κ3) is 4.94. The number of amides is 1. The highest BCUT2D eigenvalue weighted by atomic mass is 19.1. The highest BCUT2D eigenvalue weighted by Gasteiger charge is 2.32. The minimum absolute atomic E-state index is 0.0331. The molecule has 0 bridgehead atoms. The first-order chi connectivity index (χ1) is 16.3. The third-order valence-electron chi connectivity index (χ3n) is 6.03. The number of nitrogen functional groups attached to an aromatic ring is 1. The molecular formula is C27H30FN5O. The summed E-state index contributed by atoms with van der Waals surface area (Å²) in [5.74, 6) is -0.557. The van der Waals surface area contributed by atoms with Crippen LogP contribution in [0, 0.1) is 11.2 Å². The summed E-state index contributed by atoms with van der Waals surface area (Å²) in [5, 5.41) is 10.9. The highest BCUT2D eigenvalue weighted by molar-refractivity contribution is 6.00. The van der Waals surface area contributed by atoms with Crippen LogP contribution in [0.1, 0.15) is 24.0 Å². The molecule has 0 saturated carbocycles. The molecule has 176 valence electrons. The summed E-state index contributed by atoms with van der Waals surface area (Å²) >= 11 is 0. The minimum Gasteiger partial charge on any atom is -0.384 e. The van der Waals surface area contributed by atoms with E-state index in [2.05, 4.69) is 5.32 Å². The average molecular weight is 460 g/mol. The van der Waals surface area contributed by atoms with Gasteiger partial charge in [-0.2, -0.15) is 0 Å². The van der Waals surface area contributed by atoms with E-state index in [1.807, 2.05) is 61.5 Å². The first kappa shape index (κ1) is 23.4. The molecule has 0 aromatic heterocycles. The number of piperidine rings is 1. The monoisotopic (exact) mass is 459 g/mol. The maximum atomic E-state index is 16.0. The van der Waals surface area contributed by atoms with Crippen LogP contribution in [-0.2, 0) is 11.3 Å². The van der Waals surface area contributed by atoms with Crippen LogP contribution in [0.4, 0.5) is 15.8 Å². The van der Waals surface area contributed by atoms with Crippen molar-refractivity contribution in [1.82, 2.24) is 4.90 Å². The van der Waals surface area contributed by atoms with Gasteiger partial charge in [0.15, 0.2) is 5.82 Å². The lowest BCUT2D eigenvalue weighted by molar-refractivity contribution is -0.120. The Labute approximate surface area is 199 Å². The van der Waals surface area contributed by atoms with Gasteiger partial charge < -0.3 is 20.9 Å². The second-order valence-electron chi connectivity index (χ2n) is 8.85. The number of anilines is 2. The Morgan fingerprint density at radius 1 is 1.15 bits per heavy atom. The van der Waals surface area contributed by atoms with Gasteiger partial charge in [-0.05, 0) is 56.3 Å². The number of carbonyl (C=O) groups excluding carboxylic acids is 1. The van der Waals surface area contributed by atoms with Gasteiger partial charge in [-0.1, -0.05) is 48.5 Å². The molecule has 0 aliphatic carbocycles. The second kappa shape index (κ2) is 10.1. The van der Waals surface area contributed by atoms with Crippen LogP contribution in [0.5, 0.6) is 0 Å². The lowest BCUT2D eigenvalue weighted by Crippen LogP contribution is -2.48. The smallest absolute Gasteiger partial charge is 0.249 e. The molecule has 1 aliphatic rings. The van der Waals surface area contributed by atoms with Crippen molar-refractivity contribution >= 4 is 23.1 Å². The Balaban J connectivity index is 1.65. The molecule has 1 unspecified atom stereocenters. The average Bonchev–Trinajstić information content (AvgIpc) is 2.82. The van der Waals surface area contributed by atoms with Gasteiger partial charge in [0.2, 0.25) is 5.91 Å². The number of amidine groups is 1. The van der Waals surface area contributed by atoms with Gasteiger partial charge in [0, 0.05) is 29.9 Å². The van der Waals surface area contributed by atoms with Gasteiger partial charge in [0.1, 0.15) is 11.9 Å². The van der Waals surface area contributed by atoms with Gasteiger partial charge in [-0.3, -0.25) is 10.2 Å². The van der Waals surface area contributed by atoms with E-state index in [4.69, 9.17) is 11.1 Å². The number of carbonyl (C=O) groups is 1. The summed E-state index contributed by atoms with van der Waals surface area (Å²) in [6, 6.07) is 20.0. The van der Waals surface area contributed by atoms with Crippen molar-refractivity contribution in [2.75, 3.05) is 30.9 Å². The summed E-state index contributed by atoms with van der Waals surface area (Å²) in [6.45, 7) is 0.888. The van der Waals surface area contributed by atoms with E-state index in [0.717, 1.165) is 17.5 Å². The molecular weight excluding hydrogens is 429 g/mol. The molecule has 1 atom stereocenters. The van der Waals surface area contributed by atoms with E-state index >= 15 is 4.39 Å². The molecule has 1 heterocycles. The van der Waals surface area contributed by atoms with E-state index in [0.29, 0.717) is 42.0 Å².